The van der Waals surface area contributed by atoms with E-state index in [0.29, 0.717) is 19.3 Å². The Balaban J connectivity index is 4.58. The molecule has 0 rings (SSSR count). The van der Waals surface area contributed by atoms with Gasteiger partial charge in [0.1, 0.15) is 6.10 Å². The molecule has 0 aliphatic heterocycles. The molecule has 0 saturated heterocycles. The van der Waals surface area contributed by atoms with E-state index in [2.05, 4.69) is 74.7 Å². The second kappa shape index (κ2) is 56.7. The number of amides is 1. The molecule has 0 aliphatic rings. The van der Waals surface area contributed by atoms with Crippen molar-refractivity contribution in [3.05, 3.63) is 48.6 Å². The molecule has 69 heavy (non-hydrogen) atoms. The third-order valence-electron chi connectivity index (χ3n) is 13.9. The second-order valence-electron chi connectivity index (χ2n) is 20.7. The largest absolute Gasteiger partial charge is 0.462 e. The summed E-state index contributed by atoms with van der Waals surface area (Å²) in [5.74, 6) is -0.490. The summed E-state index contributed by atoms with van der Waals surface area (Å²) < 4.78 is 5.97. The normalized spacial score (nSPS) is 13.4. The van der Waals surface area contributed by atoms with Gasteiger partial charge in [-0.1, -0.05) is 262 Å². The zero-order chi connectivity index (χ0) is 50.2. The van der Waals surface area contributed by atoms with E-state index >= 15 is 0 Å². The summed E-state index contributed by atoms with van der Waals surface area (Å²) in [5.41, 5.74) is 0. The molecule has 3 N–H and O–H groups in total. The molecule has 0 radical (unpaired) electrons. The number of aliphatic hydroxyl groups excluding tert-OH is 2. The van der Waals surface area contributed by atoms with Crippen molar-refractivity contribution in [2.24, 2.45) is 0 Å². The number of carbonyl (C=O) groups is 2. The topological polar surface area (TPSA) is 95.9 Å². The van der Waals surface area contributed by atoms with E-state index in [0.717, 1.165) is 83.5 Å². The molecule has 0 spiro atoms. The standard InChI is InChI=1S/C63H117NO5/c1-4-7-10-13-16-19-22-25-28-31-33-36-39-42-45-48-51-54-59(69-63(68)56-53-50-47-44-41-38-35-32-29-26-23-20-17-14-11-8-5-2)57-62(67)64-60(58-65)61(66)55-52-49-46-43-40-37-34-30-27-24-21-18-15-12-9-6-3/h17,20,25-26,28-29,35,38,59-61,65-66H,4-16,18-19,21-24,27,30-34,36-37,39-58H2,1-3H3,(H,64,67)/b20-17-,28-25+,29-26-,38-35-. The first kappa shape index (κ1) is 66.8. The minimum atomic E-state index is -0.794. The summed E-state index contributed by atoms with van der Waals surface area (Å²) in [6.45, 7) is 6.48. The summed E-state index contributed by atoms with van der Waals surface area (Å²) in [6.07, 6.45) is 70.3. The maximum Gasteiger partial charge on any atom is 0.306 e. The van der Waals surface area contributed by atoms with Crippen LogP contribution in [0.1, 0.15) is 316 Å². The van der Waals surface area contributed by atoms with Crippen LogP contribution in [-0.2, 0) is 14.3 Å². The van der Waals surface area contributed by atoms with Gasteiger partial charge >= 0.3 is 5.97 Å². The van der Waals surface area contributed by atoms with Crippen molar-refractivity contribution >= 4 is 11.9 Å². The molecule has 0 saturated carbocycles. The average Bonchev–Trinajstić information content (AvgIpc) is 3.34. The van der Waals surface area contributed by atoms with E-state index in [4.69, 9.17) is 4.74 Å². The van der Waals surface area contributed by atoms with Gasteiger partial charge in [0.25, 0.3) is 0 Å². The highest BCUT2D eigenvalue weighted by Crippen LogP contribution is 2.18. The van der Waals surface area contributed by atoms with Gasteiger partial charge in [-0.25, -0.2) is 0 Å². The third-order valence-corrected chi connectivity index (χ3v) is 13.9. The van der Waals surface area contributed by atoms with E-state index in [1.54, 1.807) is 0 Å². The highest BCUT2D eigenvalue weighted by atomic mass is 16.5. The van der Waals surface area contributed by atoms with Gasteiger partial charge in [-0.15, -0.1) is 0 Å². The molecule has 1 amide bonds. The maximum absolute atomic E-state index is 13.3. The number of ether oxygens (including phenoxy) is 1. The molecule has 3 atom stereocenters. The zero-order valence-corrected chi connectivity index (χ0v) is 46.2. The van der Waals surface area contributed by atoms with Gasteiger partial charge in [-0.3, -0.25) is 9.59 Å². The number of hydrogen-bond donors (Lipinski definition) is 3. The number of esters is 1. The van der Waals surface area contributed by atoms with Crippen molar-refractivity contribution in [2.45, 2.75) is 334 Å². The Morgan fingerprint density at radius 1 is 0.420 bits per heavy atom. The Kier molecular flexibility index (Phi) is 54.9. The van der Waals surface area contributed by atoms with Crippen LogP contribution in [0.3, 0.4) is 0 Å². The van der Waals surface area contributed by atoms with Gasteiger partial charge in [0.15, 0.2) is 0 Å². The lowest BCUT2D eigenvalue weighted by molar-refractivity contribution is -0.151. The minimum Gasteiger partial charge on any atom is -0.462 e. The average molecular weight is 969 g/mol. The van der Waals surface area contributed by atoms with Gasteiger partial charge < -0.3 is 20.3 Å². The fourth-order valence-electron chi connectivity index (χ4n) is 9.26. The molecule has 404 valence electrons. The molecule has 0 fully saturated rings. The van der Waals surface area contributed by atoms with Crippen molar-refractivity contribution in [1.29, 1.82) is 0 Å². The van der Waals surface area contributed by atoms with E-state index in [1.165, 1.54) is 186 Å². The Bertz CT molecular complexity index is 1180. The predicted molar refractivity (Wildman–Crippen MR) is 301 cm³/mol. The first-order chi connectivity index (χ1) is 34.0. The molecule has 0 aromatic carbocycles. The molecule has 6 heteroatoms. The number of carbonyl (C=O) groups excluding carboxylic acids is 2. The van der Waals surface area contributed by atoms with Crippen molar-refractivity contribution in [3.63, 3.8) is 0 Å². The van der Waals surface area contributed by atoms with Gasteiger partial charge in [0, 0.05) is 6.42 Å². The monoisotopic (exact) mass is 968 g/mol. The molecule has 0 aliphatic carbocycles. The fraction of sp³-hybridized carbons (Fsp3) is 0.841. The van der Waals surface area contributed by atoms with E-state index in [9.17, 15) is 19.8 Å². The van der Waals surface area contributed by atoms with E-state index in [1.807, 2.05) is 0 Å². The summed E-state index contributed by atoms with van der Waals surface area (Å²) in [5, 5.41) is 23.9. The molecule has 0 aromatic rings. The molecule has 0 bridgehead atoms. The minimum absolute atomic E-state index is 0.0671. The number of allylic oxidation sites excluding steroid dienone is 8. The van der Waals surface area contributed by atoms with Crippen molar-refractivity contribution in [1.82, 2.24) is 5.32 Å². The molecule has 3 unspecified atom stereocenters. The van der Waals surface area contributed by atoms with Crippen LogP contribution in [0, 0.1) is 0 Å². The molecule has 0 heterocycles. The van der Waals surface area contributed by atoms with Gasteiger partial charge in [0.2, 0.25) is 5.91 Å². The molecule has 0 aromatic heterocycles. The van der Waals surface area contributed by atoms with Crippen LogP contribution in [0.4, 0.5) is 0 Å². The number of nitrogens with one attached hydrogen (secondary N) is 1. The number of aliphatic hydroxyl groups is 2. The number of unbranched alkanes of at least 4 members (excludes halogenated alkanes) is 35. The Labute approximate surface area is 429 Å². The molecular formula is C63H117NO5. The van der Waals surface area contributed by atoms with E-state index in [-0.39, 0.29) is 24.9 Å². The van der Waals surface area contributed by atoms with Crippen LogP contribution in [0.2, 0.25) is 0 Å². The van der Waals surface area contributed by atoms with Gasteiger partial charge in [-0.2, -0.15) is 0 Å². The predicted octanol–water partition coefficient (Wildman–Crippen LogP) is 19.0. The molecular weight excluding hydrogens is 851 g/mol. The van der Waals surface area contributed by atoms with Crippen LogP contribution in [0.25, 0.3) is 0 Å². The van der Waals surface area contributed by atoms with Crippen molar-refractivity contribution in [2.75, 3.05) is 6.61 Å². The highest BCUT2D eigenvalue weighted by molar-refractivity contribution is 5.77. The van der Waals surface area contributed by atoms with Crippen LogP contribution >= 0.6 is 0 Å². The fourth-order valence-corrected chi connectivity index (χ4v) is 9.26. The Hall–Kier alpha value is -2.18. The highest BCUT2D eigenvalue weighted by Gasteiger charge is 2.24. The first-order valence-corrected chi connectivity index (χ1v) is 30.4. The van der Waals surface area contributed by atoms with Crippen molar-refractivity contribution < 1.29 is 24.5 Å². The smallest absolute Gasteiger partial charge is 0.306 e. The lowest BCUT2D eigenvalue weighted by atomic mass is 10.0. The molecule has 6 nitrogen and oxygen atoms in total. The lowest BCUT2D eigenvalue weighted by Crippen LogP contribution is -2.46. The van der Waals surface area contributed by atoms with Crippen LogP contribution < -0.4 is 5.32 Å². The Morgan fingerprint density at radius 3 is 1.16 bits per heavy atom. The Morgan fingerprint density at radius 2 is 0.739 bits per heavy atom. The maximum atomic E-state index is 13.3. The number of hydrogen-bond acceptors (Lipinski definition) is 5. The summed E-state index contributed by atoms with van der Waals surface area (Å²) in [7, 11) is 0. The van der Waals surface area contributed by atoms with Crippen molar-refractivity contribution in [3.8, 4) is 0 Å². The quantitative estimate of drug-likeness (QED) is 0.0321. The lowest BCUT2D eigenvalue weighted by Gasteiger charge is -2.24. The first-order valence-electron chi connectivity index (χ1n) is 30.4. The second-order valence-corrected chi connectivity index (χ2v) is 20.7. The van der Waals surface area contributed by atoms with Crippen LogP contribution in [0.5, 0.6) is 0 Å². The summed E-state index contributed by atoms with van der Waals surface area (Å²) in [6, 6.07) is -0.709. The SMILES string of the molecule is CCCCC/C=C\C/C=C\C/C=C\CCCCCCC(=O)OC(CCCCCCCCC/C=C/CCCCCCCC)CC(=O)NC(CO)C(O)CCCCCCCCCCCCCCCCCC. The van der Waals surface area contributed by atoms with Gasteiger partial charge in [0.05, 0.1) is 25.2 Å². The van der Waals surface area contributed by atoms with E-state index < -0.39 is 18.2 Å². The third kappa shape index (κ3) is 52.0. The van der Waals surface area contributed by atoms with Crippen LogP contribution in [0.15, 0.2) is 48.6 Å². The van der Waals surface area contributed by atoms with Gasteiger partial charge in [-0.05, 0) is 89.9 Å². The van der Waals surface area contributed by atoms with Crippen LogP contribution in [-0.4, -0.2) is 46.9 Å². The zero-order valence-electron chi connectivity index (χ0n) is 46.2. The number of rotatable bonds is 55. The summed E-state index contributed by atoms with van der Waals surface area (Å²) >= 11 is 0. The summed E-state index contributed by atoms with van der Waals surface area (Å²) in [4.78, 5) is 26.3.